The number of nitrogens with zero attached hydrogens (tertiary/aromatic N) is 1. The smallest absolute Gasteiger partial charge is 0.127 e. The first-order chi connectivity index (χ1) is 10.3. The van der Waals surface area contributed by atoms with Gasteiger partial charge in [0.15, 0.2) is 0 Å². The highest BCUT2D eigenvalue weighted by Gasteiger charge is 2.00. The van der Waals surface area contributed by atoms with Crippen LogP contribution in [-0.4, -0.2) is 4.98 Å². The molecule has 3 nitrogen and oxygen atoms in total. The van der Waals surface area contributed by atoms with Crippen molar-refractivity contribution in [2.75, 3.05) is 5.32 Å². The molecule has 3 aromatic rings. The lowest BCUT2D eigenvalue weighted by Crippen LogP contribution is -1.97. The highest BCUT2D eigenvalue weighted by Crippen LogP contribution is 2.23. The van der Waals surface area contributed by atoms with Gasteiger partial charge in [-0.05, 0) is 43.3 Å². The van der Waals surface area contributed by atoms with Gasteiger partial charge in [-0.2, -0.15) is 0 Å². The first-order valence-electron chi connectivity index (χ1n) is 6.78. The van der Waals surface area contributed by atoms with Gasteiger partial charge >= 0.3 is 0 Å². The van der Waals surface area contributed by atoms with Crippen molar-refractivity contribution in [3.8, 4) is 11.5 Å². The Morgan fingerprint density at radius 1 is 1.00 bits per heavy atom. The van der Waals surface area contributed by atoms with E-state index < -0.39 is 0 Å². The van der Waals surface area contributed by atoms with Crippen molar-refractivity contribution in [1.82, 2.24) is 4.98 Å². The van der Waals surface area contributed by atoms with E-state index in [4.69, 9.17) is 4.74 Å². The van der Waals surface area contributed by atoms with Gasteiger partial charge in [-0.15, -0.1) is 11.3 Å². The number of anilines is 1. The summed E-state index contributed by atoms with van der Waals surface area (Å²) in [7, 11) is 0. The molecule has 0 saturated carbocycles. The number of para-hydroxylation sites is 1. The zero-order valence-corrected chi connectivity index (χ0v) is 12.6. The lowest BCUT2D eigenvalue weighted by Gasteiger charge is -2.08. The van der Waals surface area contributed by atoms with Crippen LogP contribution in [0.25, 0.3) is 0 Å². The van der Waals surface area contributed by atoms with E-state index in [1.165, 1.54) is 4.88 Å². The summed E-state index contributed by atoms with van der Waals surface area (Å²) < 4.78 is 5.76. The maximum absolute atomic E-state index is 5.76. The lowest BCUT2D eigenvalue weighted by molar-refractivity contribution is 0.483. The summed E-state index contributed by atoms with van der Waals surface area (Å²) in [6.07, 6.45) is 1.92. The molecule has 0 amide bonds. The second kappa shape index (κ2) is 6.41. The summed E-state index contributed by atoms with van der Waals surface area (Å²) in [5.41, 5.74) is 1.07. The fourth-order valence-corrected chi connectivity index (χ4v) is 2.68. The minimum atomic E-state index is 0.796. The standard InChI is InChI=1S/C17H16N2OS/c1-13-18-11-17(21-13)12-19-14-7-9-16(10-8-14)20-15-5-3-2-4-6-15/h2-11,19H,12H2,1H3. The molecule has 0 aliphatic rings. The van der Waals surface area contributed by atoms with E-state index in [2.05, 4.69) is 10.3 Å². The molecular formula is C17H16N2OS. The summed E-state index contributed by atoms with van der Waals surface area (Å²) in [6, 6.07) is 17.8. The van der Waals surface area contributed by atoms with Gasteiger partial charge in [-0.1, -0.05) is 18.2 Å². The molecule has 4 heteroatoms. The van der Waals surface area contributed by atoms with Crippen LogP contribution in [0.5, 0.6) is 11.5 Å². The Bertz CT molecular complexity index is 692. The SMILES string of the molecule is Cc1ncc(CNc2ccc(Oc3ccccc3)cc2)s1. The Morgan fingerprint density at radius 2 is 1.71 bits per heavy atom. The number of rotatable bonds is 5. The Kier molecular flexibility index (Phi) is 4.17. The number of nitrogens with one attached hydrogen (secondary N) is 1. The monoisotopic (exact) mass is 296 g/mol. The van der Waals surface area contributed by atoms with Gasteiger partial charge in [-0.3, -0.25) is 0 Å². The highest BCUT2D eigenvalue weighted by atomic mass is 32.1. The number of benzene rings is 2. The molecule has 0 spiro atoms. The van der Waals surface area contributed by atoms with Crippen LogP contribution in [0.1, 0.15) is 9.88 Å². The number of aryl methyl sites for hydroxylation is 1. The van der Waals surface area contributed by atoms with E-state index in [0.717, 1.165) is 28.7 Å². The third-order valence-corrected chi connectivity index (χ3v) is 3.88. The van der Waals surface area contributed by atoms with Crippen molar-refractivity contribution < 1.29 is 4.74 Å². The normalized spacial score (nSPS) is 10.3. The summed E-state index contributed by atoms with van der Waals surface area (Å²) in [5, 5.41) is 4.48. The zero-order chi connectivity index (χ0) is 14.5. The fourth-order valence-electron chi connectivity index (χ4n) is 1.94. The molecule has 0 atom stereocenters. The average Bonchev–Trinajstić information content (AvgIpc) is 2.93. The predicted molar refractivity (Wildman–Crippen MR) is 87.1 cm³/mol. The van der Waals surface area contributed by atoms with Gasteiger partial charge in [0.25, 0.3) is 0 Å². The third-order valence-electron chi connectivity index (χ3n) is 2.97. The Hall–Kier alpha value is -2.33. The van der Waals surface area contributed by atoms with E-state index in [9.17, 15) is 0 Å². The molecule has 1 aromatic heterocycles. The molecule has 1 heterocycles. The molecule has 0 fully saturated rings. The minimum absolute atomic E-state index is 0.796. The topological polar surface area (TPSA) is 34.2 Å². The number of ether oxygens (including phenoxy) is 1. The molecule has 2 aromatic carbocycles. The summed E-state index contributed by atoms with van der Waals surface area (Å²) in [5.74, 6) is 1.68. The summed E-state index contributed by atoms with van der Waals surface area (Å²) in [4.78, 5) is 5.48. The second-order valence-electron chi connectivity index (χ2n) is 4.64. The molecular weight excluding hydrogens is 280 g/mol. The van der Waals surface area contributed by atoms with Crippen molar-refractivity contribution in [2.24, 2.45) is 0 Å². The third kappa shape index (κ3) is 3.83. The van der Waals surface area contributed by atoms with E-state index >= 15 is 0 Å². The first kappa shape index (κ1) is 13.6. The minimum Gasteiger partial charge on any atom is -0.457 e. The molecule has 1 N–H and O–H groups in total. The van der Waals surface area contributed by atoms with Crippen molar-refractivity contribution >= 4 is 17.0 Å². The molecule has 0 bridgehead atoms. The van der Waals surface area contributed by atoms with Gasteiger partial charge in [0.05, 0.1) is 11.6 Å². The van der Waals surface area contributed by atoms with Gasteiger partial charge in [0, 0.05) is 16.8 Å². The van der Waals surface area contributed by atoms with Crippen LogP contribution in [-0.2, 0) is 6.54 Å². The van der Waals surface area contributed by atoms with Crippen LogP contribution in [0.4, 0.5) is 5.69 Å². The average molecular weight is 296 g/mol. The van der Waals surface area contributed by atoms with Crippen molar-refractivity contribution in [3.63, 3.8) is 0 Å². The largest absolute Gasteiger partial charge is 0.457 e. The predicted octanol–water partition coefficient (Wildman–Crippen LogP) is 4.86. The van der Waals surface area contributed by atoms with Crippen molar-refractivity contribution in [2.45, 2.75) is 13.5 Å². The summed E-state index contributed by atoms with van der Waals surface area (Å²) >= 11 is 1.71. The van der Waals surface area contributed by atoms with Gasteiger partial charge < -0.3 is 10.1 Å². The molecule has 0 aliphatic carbocycles. The molecule has 0 unspecified atom stereocenters. The maximum atomic E-state index is 5.76. The lowest BCUT2D eigenvalue weighted by atomic mass is 10.3. The Morgan fingerprint density at radius 3 is 2.38 bits per heavy atom. The summed E-state index contributed by atoms with van der Waals surface area (Å²) in [6.45, 7) is 2.81. The van der Waals surface area contributed by atoms with E-state index in [0.29, 0.717) is 0 Å². The maximum Gasteiger partial charge on any atom is 0.127 e. The number of thiazole rings is 1. The molecule has 3 rings (SSSR count). The van der Waals surface area contributed by atoms with E-state index in [-0.39, 0.29) is 0 Å². The molecule has 21 heavy (non-hydrogen) atoms. The van der Waals surface area contributed by atoms with E-state index in [1.54, 1.807) is 11.3 Å². The second-order valence-corrected chi connectivity index (χ2v) is 5.96. The van der Waals surface area contributed by atoms with Crippen molar-refractivity contribution in [1.29, 1.82) is 0 Å². The quantitative estimate of drug-likeness (QED) is 0.730. The molecule has 0 saturated heterocycles. The number of hydrogen-bond donors (Lipinski definition) is 1. The number of aromatic nitrogens is 1. The van der Waals surface area contributed by atoms with E-state index in [1.807, 2.05) is 67.7 Å². The van der Waals surface area contributed by atoms with Crippen LogP contribution in [0.15, 0.2) is 60.8 Å². The van der Waals surface area contributed by atoms with Gasteiger partial charge in [0.2, 0.25) is 0 Å². The van der Waals surface area contributed by atoms with Crippen LogP contribution in [0.3, 0.4) is 0 Å². The number of hydrogen-bond acceptors (Lipinski definition) is 4. The van der Waals surface area contributed by atoms with Crippen LogP contribution in [0.2, 0.25) is 0 Å². The zero-order valence-electron chi connectivity index (χ0n) is 11.7. The Labute approximate surface area is 128 Å². The Balaban J connectivity index is 1.59. The van der Waals surface area contributed by atoms with Gasteiger partial charge in [0.1, 0.15) is 11.5 Å². The highest BCUT2D eigenvalue weighted by molar-refractivity contribution is 7.11. The molecule has 106 valence electrons. The van der Waals surface area contributed by atoms with Crippen LogP contribution in [0, 0.1) is 6.92 Å². The van der Waals surface area contributed by atoms with Crippen LogP contribution >= 0.6 is 11.3 Å². The van der Waals surface area contributed by atoms with Crippen LogP contribution < -0.4 is 10.1 Å². The molecule has 0 radical (unpaired) electrons. The fraction of sp³-hybridized carbons (Fsp3) is 0.118. The molecule has 0 aliphatic heterocycles. The van der Waals surface area contributed by atoms with Gasteiger partial charge in [-0.25, -0.2) is 4.98 Å². The van der Waals surface area contributed by atoms with Crippen molar-refractivity contribution in [3.05, 3.63) is 70.7 Å². The first-order valence-corrected chi connectivity index (χ1v) is 7.59.